The summed E-state index contributed by atoms with van der Waals surface area (Å²) < 4.78 is 2.17. The van der Waals surface area contributed by atoms with Crippen molar-refractivity contribution < 1.29 is 0 Å². The molecule has 19 heavy (non-hydrogen) atoms. The first kappa shape index (κ1) is 14.4. The van der Waals surface area contributed by atoms with Crippen LogP contribution >= 0.6 is 0 Å². The molecule has 1 fully saturated rings. The largest absolute Gasteiger partial charge is 0.348 e. The molecule has 0 aliphatic heterocycles. The van der Waals surface area contributed by atoms with Gasteiger partial charge < -0.3 is 14.8 Å². The summed E-state index contributed by atoms with van der Waals surface area (Å²) in [7, 11) is 6.15. The first-order valence-corrected chi connectivity index (χ1v) is 7.51. The third kappa shape index (κ3) is 3.50. The van der Waals surface area contributed by atoms with E-state index in [4.69, 9.17) is 0 Å². The lowest BCUT2D eigenvalue weighted by atomic mass is 9.84. The molecule has 1 aliphatic rings. The number of hydrogen-bond donors (Lipinski definition) is 1. The van der Waals surface area contributed by atoms with Gasteiger partial charge in [-0.25, -0.2) is 4.98 Å². The van der Waals surface area contributed by atoms with Crippen LogP contribution in [0.15, 0.2) is 6.20 Å². The quantitative estimate of drug-likeness (QED) is 0.887. The minimum Gasteiger partial charge on any atom is -0.348 e. The van der Waals surface area contributed by atoms with Crippen LogP contribution in [0, 0.1) is 5.92 Å². The molecule has 1 heterocycles. The second-order valence-corrected chi connectivity index (χ2v) is 6.07. The van der Waals surface area contributed by atoms with E-state index in [9.17, 15) is 0 Å². The summed E-state index contributed by atoms with van der Waals surface area (Å²) in [5.74, 6) is 1.87. The lowest BCUT2D eigenvalue weighted by Gasteiger charge is -2.28. The predicted molar refractivity (Wildman–Crippen MR) is 80.4 cm³/mol. The van der Waals surface area contributed by atoms with Crippen molar-refractivity contribution in [2.75, 3.05) is 19.0 Å². The summed E-state index contributed by atoms with van der Waals surface area (Å²) in [5, 5.41) is 3.68. The second-order valence-electron chi connectivity index (χ2n) is 6.07. The van der Waals surface area contributed by atoms with Crippen molar-refractivity contribution in [3.05, 3.63) is 11.9 Å². The van der Waals surface area contributed by atoms with Crippen molar-refractivity contribution in [1.29, 1.82) is 0 Å². The van der Waals surface area contributed by atoms with E-state index in [0.717, 1.165) is 18.4 Å². The molecule has 4 heteroatoms. The molecule has 1 aromatic rings. The second kappa shape index (κ2) is 6.42. The Hall–Kier alpha value is -1.03. The normalized spacial score (nSPS) is 18.5. The summed E-state index contributed by atoms with van der Waals surface area (Å²) in [6.07, 6.45) is 9.01. The van der Waals surface area contributed by atoms with Gasteiger partial charge >= 0.3 is 0 Å². The van der Waals surface area contributed by atoms with Crippen LogP contribution in [0.1, 0.15) is 44.7 Å². The van der Waals surface area contributed by atoms with Crippen LogP contribution < -0.4 is 10.2 Å². The van der Waals surface area contributed by atoms with E-state index in [0.29, 0.717) is 6.04 Å². The topological polar surface area (TPSA) is 33.1 Å². The van der Waals surface area contributed by atoms with Gasteiger partial charge in [0.2, 0.25) is 5.95 Å². The Morgan fingerprint density at radius 1 is 1.37 bits per heavy atom. The van der Waals surface area contributed by atoms with Crippen molar-refractivity contribution in [3.63, 3.8) is 0 Å². The summed E-state index contributed by atoms with van der Waals surface area (Å²) in [6.45, 7) is 3.24. The molecule has 1 aromatic heterocycles. The van der Waals surface area contributed by atoms with E-state index >= 15 is 0 Å². The van der Waals surface area contributed by atoms with E-state index in [-0.39, 0.29) is 0 Å². The van der Waals surface area contributed by atoms with E-state index < -0.39 is 0 Å². The van der Waals surface area contributed by atoms with Gasteiger partial charge in [0.05, 0.1) is 11.9 Å². The van der Waals surface area contributed by atoms with Crippen molar-refractivity contribution in [3.8, 4) is 0 Å². The maximum absolute atomic E-state index is 4.45. The van der Waals surface area contributed by atoms with Crippen molar-refractivity contribution >= 4 is 5.95 Å². The standard InChI is InChI=1S/C15H28N4/c1-12(13-8-6-5-7-9-13)16-10-14-11-17-15(18(2)3)19(14)4/h11-13,16H,5-10H2,1-4H3/t12-/m1/s1. The third-order valence-corrected chi connectivity index (χ3v) is 4.42. The molecule has 4 nitrogen and oxygen atoms in total. The van der Waals surface area contributed by atoms with Crippen LogP contribution in [-0.2, 0) is 13.6 Å². The molecule has 0 aromatic carbocycles. The first-order valence-electron chi connectivity index (χ1n) is 7.51. The van der Waals surface area contributed by atoms with Crippen LogP contribution in [-0.4, -0.2) is 29.7 Å². The Morgan fingerprint density at radius 2 is 2.05 bits per heavy atom. The summed E-state index contributed by atoms with van der Waals surface area (Å²) in [5.41, 5.74) is 1.26. The Labute approximate surface area is 117 Å². The molecule has 0 radical (unpaired) electrons. The monoisotopic (exact) mass is 264 g/mol. The number of nitrogens with one attached hydrogen (secondary N) is 1. The predicted octanol–water partition coefficient (Wildman–Crippen LogP) is 2.54. The van der Waals surface area contributed by atoms with Gasteiger partial charge in [-0.05, 0) is 25.7 Å². The average Bonchev–Trinajstić information content (AvgIpc) is 2.78. The van der Waals surface area contributed by atoms with Crippen LogP contribution in [0.25, 0.3) is 0 Å². The maximum atomic E-state index is 4.45. The van der Waals surface area contributed by atoms with Gasteiger partial charge in [0.25, 0.3) is 0 Å². The number of hydrogen-bond acceptors (Lipinski definition) is 3. The molecule has 0 spiro atoms. The van der Waals surface area contributed by atoms with Crippen molar-refractivity contribution in [2.45, 2.75) is 51.6 Å². The molecule has 0 unspecified atom stereocenters. The zero-order valence-corrected chi connectivity index (χ0v) is 12.8. The molecule has 1 aliphatic carbocycles. The summed E-state index contributed by atoms with van der Waals surface area (Å²) in [6, 6.07) is 0.609. The van der Waals surface area contributed by atoms with Gasteiger partial charge in [-0.15, -0.1) is 0 Å². The number of rotatable bonds is 5. The zero-order valence-electron chi connectivity index (χ0n) is 12.8. The molecule has 0 bridgehead atoms. The van der Waals surface area contributed by atoms with Crippen molar-refractivity contribution in [2.24, 2.45) is 13.0 Å². The maximum Gasteiger partial charge on any atom is 0.204 e. The van der Waals surface area contributed by atoms with E-state index in [1.165, 1.54) is 37.8 Å². The number of imidazole rings is 1. The highest BCUT2D eigenvalue weighted by Crippen LogP contribution is 2.26. The van der Waals surface area contributed by atoms with Gasteiger partial charge in [0.1, 0.15) is 0 Å². The van der Waals surface area contributed by atoms with Gasteiger partial charge in [-0.1, -0.05) is 19.3 Å². The molecule has 1 N–H and O–H groups in total. The molecular weight excluding hydrogens is 236 g/mol. The third-order valence-electron chi connectivity index (χ3n) is 4.42. The molecule has 108 valence electrons. The van der Waals surface area contributed by atoms with Crippen LogP contribution in [0.2, 0.25) is 0 Å². The Morgan fingerprint density at radius 3 is 2.63 bits per heavy atom. The molecule has 0 saturated heterocycles. The van der Waals surface area contributed by atoms with Gasteiger partial charge in [0, 0.05) is 33.7 Å². The number of nitrogens with zero attached hydrogens (tertiary/aromatic N) is 3. The smallest absolute Gasteiger partial charge is 0.204 e. The van der Waals surface area contributed by atoms with Gasteiger partial charge in [0.15, 0.2) is 0 Å². The fraction of sp³-hybridized carbons (Fsp3) is 0.800. The SMILES string of the molecule is C[C@@H](NCc1cnc(N(C)C)n1C)C1CCCCC1. The Kier molecular flexibility index (Phi) is 4.86. The highest BCUT2D eigenvalue weighted by atomic mass is 15.3. The highest BCUT2D eigenvalue weighted by Gasteiger charge is 2.20. The number of aromatic nitrogens is 2. The van der Waals surface area contributed by atoms with Gasteiger partial charge in [-0.2, -0.15) is 0 Å². The average molecular weight is 264 g/mol. The molecular formula is C15H28N4. The van der Waals surface area contributed by atoms with Crippen LogP contribution in [0.3, 0.4) is 0 Å². The molecule has 1 atom stereocenters. The molecule has 0 amide bonds. The fourth-order valence-electron chi connectivity index (χ4n) is 3.08. The lowest BCUT2D eigenvalue weighted by molar-refractivity contribution is 0.279. The summed E-state index contributed by atoms with van der Waals surface area (Å²) >= 11 is 0. The highest BCUT2D eigenvalue weighted by molar-refractivity contribution is 5.30. The number of anilines is 1. The zero-order chi connectivity index (χ0) is 13.8. The van der Waals surface area contributed by atoms with Crippen LogP contribution in [0.5, 0.6) is 0 Å². The van der Waals surface area contributed by atoms with E-state index in [1.54, 1.807) is 0 Å². The Bertz CT molecular complexity index is 391. The minimum absolute atomic E-state index is 0.609. The Balaban J connectivity index is 1.87. The van der Waals surface area contributed by atoms with Crippen molar-refractivity contribution in [1.82, 2.24) is 14.9 Å². The van der Waals surface area contributed by atoms with Crippen LogP contribution in [0.4, 0.5) is 5.95 Å². The van der Waals surface area contributed by atoms with E-state index in [2.05, 4.69) is 28.8 Å². The molecule has 1 saturated carbocycles. The minimum atomic E-state index is 0.609. The first-order chi connectivity index (χ1) is 9.09. The summed E-state index contributed by atoms with van der Waals surface area (Å²) in [4.78, 5) is 6.50. The van der Waals surface area contributed by atoms with Gasteiger partial charge in [-0.3, -0.25) is 0 Å². The molecule has 2 rings (SSSR count). The van der Waals surface area contributed by atoms with E-state index in [1.807, 2.05) is 25.2 Å². The lowest BCUT2D eigenvalue weighted by Crippen LogP contribution is -2.34. The fourth-order valence-corrected chi connectivity index (χ4v) is 3.08.